The number of aliphatic carboxylic acids is 1. The number of esters is 1. The molecule has 8 heteroatoms. The lowest BCUT2D eigenvalue weighted by Gasteiger charge is -2.22. The third-order valence-corrected chi connectivity index (χ3v) is 5.11. The molecule has 0 saturated heterocycles. The Balaban J connectivity index is 1.79. The van der Waals surface area contributed by atoms with Crippen molar-refractivity contribution in [3.05, 3.63) is 71.8 Å². The number of nitrogens with one attached hydrogen (secondary N) is 2. The van der Waals surface area contributed by atoms with Gasteiger partial charge < -0.3 is 20.5 Å². The van der Waals surface area contributed by atoms with Gasteiger partial charge in [-0.25, -0.2) is 4.79 Å². The summed E-state index contributed by atoms with van der Waals surface area (Å²) >= 11 is 0. The molecule has 0 bridgehead atoms. The number of amides is 2. The molecule has 1 aliphatic carbocycles. The SMILES string of the molecule is COC(=O)[C@H](Cc1ccccc1)NC(=O)[C@@]1(NC(=O)c2ccccc2)C[C@@H]1C(=O)O. The lowest BCUT2D eigenvalue weighted by Crippen LogP contribution is -2.55. The summed E-state index contributed by atoms with van der Waals surface area (Å²) in [5.41, 5.74) is -0.530. The fraction of sp³-hybridized carbons (Fsp3) is 0.273. The summed E-state index contributed by atoms with van der Waals surface area (Å²) in [6.07, 6.45) is 0.103. The normalized spacial score (nSPS) is 20.5. The third kappa shape index (κ3) is 4.48. The Morgan fingerprint density at radius 2 is 1.67 bits per heavy atom. The minimum atomic E-state index is -1.62. The largest absolute Gasteiger partial charge is 0.481 e. The topological polar surface area (TPSA) is 122 Å². The van der Waals surface area contributed by atoms with Crippen LogP contribution in [0.5, 0.6) is 0 Å². The van der Waals surface area contributed by atoms with Gasteiger partial charge in [-0.2, -0.15) is 0 Å². The molecule has 8 nitrogen and oxygen atoms in total. The van der Waals surface area contributed by atoms with Crippen LogP contribution in [0.25, 0.3) is 0 Å². The minimum Gasteiger partial charge on any atom is -0.481 e. The second-order valence-electron chi connectivity index (χ2n) is 7.13. The molecule has 0 unspecified atom stereocenters. The smallest absolute Gasteiger partial charge is 0.328 e. The van der Waals surface area contributed by atoms with Crippen LogP contribution in [-0.2, 0) is 25.5 Å². The highest BCUT2D eigenvalue weighted by molar-refractivity contribution is 6.05. The number of hydrogen-bond acceptors (Lipinski definition) is 5. The number of rotatable bonds is 8. The molecule has 2 amide bonds. The second kappa shape index (κ2) is 8.77. The van der Waals surface area contributed by atoms with Gasteiger partial charge in [0.2, 0.25) is 5.91 Å². The number of carbonyl (C=O) groups excluding carboxylic acids is 3. The molecular weight excluding hydrogens is 388 g/mol. The van der Waals surface area contributed by atoms with Gasteiger partial charge >= 0.3 is 11.9 Å². The zero-order valence-corrected chi connectivity index (χ0v) is 16.3. The van der Waals surface area contributed by atoms with Gasteiger partial charge in [0.25, 0.3) is 5.91 Å². The average molecular weight is 410 g/mol. The molecule has 3 atom stereocenters. The Hall–Kier alpha value is -3.68. The van der Waals surface area contributed by atoms with Crippen LogP contribution in [0.3, 0.4) is 0 Å². The number of ether oxygens (including phenoxy) is 1. The Bertz CT molecular complexity index is 947. The highest BCUT2D eigenvalue weighted by atomic mass is 16.5. The summed E-state index contributed by atoms with van der Waals surface area (Å²) in [6.45, 7) is 0. The van der Waals surface area contributed by atoms with Crippen LogP contribution in [0.2, 0.25) is 0 Å². The van der Waals surface area contributed by atoms with Gasteiger partial charge in [0, 0.05) is 12.0 Å². The summed E-state index contributed by atoms with van der Waals surface area (Å²) in [5, 5.41) is 14.5. The van der Waals surface area contributed by atoms with Gasteiger partial charge in [0.1, 0.15) is 11.6 Å². The number of carboxylic acid groups (broad SMARTS) is 1. The van der Waals surface area contributed by atoms with Crippen LogP contribution in [0.1, 0.15) is 22.3 Å². The minimum absolute atomic E-state index is 0.0635. The number of carboxylic acids is 1. The number of methoxy groups -OCH3 is 1. The molecule has 2 aromatic rings. The van der Waals surface area contributed by atoms with Crippen molar-refractivity contribution in [1.29, 1.82) is 0 Å². The van der Waals surface area contributed by atoms with Crippen LogP contribution in [0, 0.1) is 5.92 Å². The van der Waals surface area contributed by atoms with E-state index in [0.29, 0.717) is 5.56 Å². The molecule has 30 heavy (non-hydrogen) atoms. The van der Waals surface area contributed by atoms with E-state index in [-0.39, 0.29) is 12.8 Å². The van der Waals surface area contributed by atoms with Gasteiger partial charge in [0.05, 0.1) is 13.0 Å². The first-order valence-electron chi connectivity index (χ1n) is 9.40. The molecule has 3 N–H and O–H groups in total. The van der Waals surface area contributed by atoms with E-state index in [1.54, 1.807) is 54.6 Å². The molecule has 0 spiro atoms. The van der Waals surface area contributed by atoms with Crippen molar-refractivity contribution in [1.82, 2.24) is 10.6 Å². The molecule has 156 valence electrons. The van der Waals surface area contributed by atoms with Gasteiger partial charge in [-0.05, 0) is 24.1 Å². The van der Waals surface area contributed by atoms with E-state index < -0.39 is 41.3 Å². The third-order valence-electron chi connectivity index (χ3n) is 5.11. The second-order valence-corrected chi connectivity index (χ2v) is 7.13. The Kier molecular flexibility index (Phi) is 6.15. The van der Waals surface area contributed by atoms with Crippen molar-refractivity contribution in [2.75, 3.05) is 7.11 Å². The zero-order valence-electron chi connectivity index (χ0n) is 16.3. The van der Waals surface area contributed by atoms with Gasteiger partial charge in [-0.15, -0.1) is 0 Å². The predicted molar refractivity (Wildman–Crippen MR) is 106 cm³/mol. The van der Waals surface area contributed by atoms with E-state index >= 15 is 0 Å². The maximum Gasteiger partial charge on any atom is 0.328 e. The van der Waals surface area contributed by atoms with E-state index in [2.05, 4.69) is 10.6 Å². The quantitative estimate of drug-likeness (QED) is 0.562. The highest BCUT2D eigenvalue weighted by Gasteiger charge is 2.65. The Morgan fingerprint density at radius 3 is 2.20 bits per heavy atom. The Morgan fingerprint density at radius 1 is 1.07 bits per heavy atom. The standard InChI is InChI=1S/C22H22N2O6/c1-30-20(28)17(12-14-8-4-2-5-9-14)23-21(29)22(13-16(22)19(26)27)24-18(25)15-10-6-3-7-11-15/h2-11,16-17H,12-13H2,1H3,(H,23,29)(H,24,25)(H,26,27)/t16-,17+,22-/m1/s1. The van der Waals surface area contributed by atoms with Crippen LogP contribution in [-0.4, -0.2) is 47.6 Å². The van der Waals surface area contributed by atoms with Crippen molar-refractivity contribution in [3.63, 3.8) is 0 Å². The fourth-order valence-corrected chi connectivity index (χ4v) is 3.34. The number of hydrogen-bond donors (Lipinski definition) is 3. The molecule has 0 aromatic heterocycles. The van der Waals surface area contributed by atoms with Crippen molar-refractivity contribution < 1.29 is 29.0 Å². The first-order valence-corrected chi connectivity index (χ1v) is 9.40. The average Bonchev–Trinajstić information content (AvgIpc) is 3.50. The van der Waals surface area contributed by atoms with Crippen LogP contribution in [0.15, 0.2) is 60.7 Å². The van der Waals surface area contributed by atoms with Crippen LogP contribution >= 0.6 is 0 Å². The highest BCUT2D eigenvalue weighted by Crippen LogP contribution is 2.44. The number of carbonyl (C=O) groups is 4. The van der Waals surface area contributed by atoms with Crippen LogP contribution < -0.4 is 10.6 Å². The van der Waals surface area contributed by atoms with E-state index in [4.69, 9.17) is 4.74 Å². The van der Waals surface area contributed by atoms with E-state index in [1.807, 2.05) is 6.07 Å². The maximum absolute atomic E-state index is 13.0. The lowest BCUT2D eigenvalue weighted by atomic mass is 10.0. The summed E-state index contributed by atoms with van der Waals surface area (Å²) < 4.78 is 4.79. The molecule has 0 aliphatic heterocycles. The summed E-state index contributed by atoms with van der Waals surface area (Å²) in [4.78, 5) is 49.4. The summed E-state index contributed by atoms with van der Waals surface area (Å²) in [6, 6.07) is 16.2. The predicted octanol–water partition coefficient (Wildman–Crippen LogP) is 1.16. The molecule has 1 saturated carbocycles. The monoisotopic (exact) mass is 410 g/mol. The molecule has 1 aliphatic rings. The van der Waals surface area contributed by atoms with E-state index in [0.717, 1.165) is 5.56 Å². The molecular formula is C22H22N2O6. The first kappa shape index (κ1) is 21.0. The van der Waals surface area contributed by atoms with Crippen molar-refractivity contribution in [2.24, 2.45) is 5.92 Å². The van der Waals surface area contributed by atoms with Gasteiger partial charge in [-0.3, -0.25) is 14.4 Å². The van der Waals surface area contributed by atoms with E-state index in [1.165, 1.54) is 7.11 Å². The van der Waals surface area contributed by atoms with Gasteiger partial charge in [-0.1, -0.05) is 48.5 Å². The molecule has 1 fully saturated rings. The molecule has 2 aromatic carbocycles. The first-order chi connectivity index (χ1) is 14.4. The van der Waals surface area contributed by atoms with Crippen molar-refractivity contribution >= 4 is 23.8 Å². The molecule has 0 radical (unpaired) electrons. The zero-order chi connectivity index (χ0) is 21.7. The van der Waals surface area contributed by atoms with Crippen molar-refractivity contribution in [2.45, 2.75) is 24.4 Å². The van der Waals surface area contributed by atoms with E-state index in [9.17, 15) is 24.3 Å². The number of benzene rings is 2. The fourth-order valence-electron chi connectivity index (χ4n) is 3.34. The lowest BCUT2D eigenvalue weighted by molar-refractivity contribution is -0.145. The molecule has 3 rings (SSSR count). The van der Waals surface area contributed by atoms with Crippen LogP contribution in [0.4, 0.5) is 0 Å². The maximum atomic E-state index is 13.0. The molecule has 0 heterocycles. The van der Waals surface area contributed by atoms with Crippen molar-refractivity contribution in [3.8, 4) is 0 Å². The summed E-state index contributed by atoms with van der Waals surface area (Å²) in [7, 11) is 1.20. The summed E-state index contributed by atoms with van der Waals surface area (Å²) in [5.74, 6) is -4.24. The Labute approximate surface area is 173 Å². The van der Waals surface area contributed by atoms with Gasteiger partial charge in [0.15, 0.2) is 0 Å².